The van der Waals surface area contributed by atoms with Gasteiger partial charge in [0.1, 0.15) is 6.04 Å². The highest BCUT2D eigenvalue weighted by Crippen LogP contribution is 2.40. The molecule has 1 aliphatic carbocycles. The monoisotopic (exact) mass is 432 g/mol. The van der Waals surface area contributed by atoms with Crippen LogP contribution in [-0.2, 0) is 19.0 Å². The molecule has 3 aliphatic rings. The molecule has 0 bridgehead atoms. The molecule has 11 heteroatoms. The van der Waals surface area contributed by atoms with E-state index in [-0.39, 0.29) is 24.0 Å². The Morgan fingerprint density at radius 1 is 1.32 bits per heavy atom. The molecule has 2 aliphatic heterocycles. The zero-order valence-electron chi connectivity index (χ0n) is 17.2. The number of rotatable bonds is 4. The van der Waals surface area contributed by atoms with Crippen LogP contribution < -0.4 is 0 Å². The van der Waals surface area contributed by atoms with Crippen LogP contribution in [0, 0.1) is 10.1 Å². The summed E-state index contributed by atoms with van der Waals surface area (Å²) in [6, 6.07) is 4.98. The Morgan fingerprint density at radius 3 is 2.68 bits per heavy atom. The number of benzene rings is 1. The molecule has 0 spiro atoms. The number of Topliss-reactive ketones (excluding diaryl/α,β-unsaturated/α-hetero) is 1. The van der Waals surface area contributed by atoms with Crippen molar-refractivity contribution in [3.63, 3.8) is 0 Å². The standard InChI is InChI=1S/C20H24N4O7/c1-2-30-19(26)23-16-4-3-5-17(25)20(16,22-10-12-29-13-11-22)31-18(21-23)14-6-8-15(9-7-14)24(27)28/h6-9,16H,2-5,10-13H2,1H3. The molecule has 166 valence electrons. The number of carbonyl (C=O) groups is 2. The highest BCUT2D eigenvalue weighted by Gasteiger charge is 2.60. The summed E-state index contributed by atoms with van der Waals surface area (Å²) >= 11 is 0. The zero-order chi connectivity index (χ0) is 22.0. The van der Waals surface area contributed by atoms with Gasteiger partial charge in [0.2, 0.25) is 11.6 Å². The molecule has 0 aromatic heterocycles. The van der Waals surface area contributed by atoms with Gasteiger partial charge in [0.25, 0.3) is 5.69 Å². The van der Waals surface area contributed by atoms with Crippen LogP contribution in [0.25, 0.3) is 0 Å². The molecule has 2 atom stereocenters. The fourth-order valence-electron chi connectivity index (χ4n) is 4.31. The lowest BCUT2D eigenvalue weighted by molar-refractivity contribution is -0.384. The number of carbonyl (C=O) groups excluding carboxylic acids is 2. The molecule has 11 nitrogen and oxygen atoms in total. The Bertz CT molecular complexity index is 897. The van der Waals surface area contributed by atoms with Gasteiger partial charge in [-0.1, -0.05) is 0 Å². The van der Waals surface area contributed by atoms with E-state index in [4.69, 9.17) is 14.2 Å². The van der Waals surface area contributed by atoms with E-state index in [1.165, 1.54) is 29.3 Å². The third kappa shape index (κ3) is 3.74. The summed E-state index contributed by atoms with van der Waals surface area (Å²) in [7, 11) is 0. The lowest BCUT2D eigenvalue weighted by Crippen LogP contribution is -2.73. The number of ether oxygens (including phenoxy) is 3. The predicted molar refractivity (Wildman–Crippen MR) is 107 cm³/mol. The predicted octanol–water partition coefficient (Wildman–Crippen LogP) is 1.90. The minimum Gasteiger partial charge on any atom is -0.448 e. The minimum atomic E-state index is -1.41. The van der Waals surface area contributed by atoms with Crippen LogP contribution in [0.3, 0.4) is 0 Å². The number of hydrazone groups is 1. The molecule has 0 N–H and O–H groups in total. The van der Waals surface area contributed by atoms with Gasteiger partial charge in [0, 0.05) is 37.2 Å². The number of fused-ring (bicyclic) bond motifs is 1. The maximum Gasteiger partial charge on any atom is 0.430 e. The largest absolute Gasteiger partial charge is 0.448 e. The molecule has 1 amide bonds. The van der Waals surface area contributed by atoms with E-state index < -0.39 is 22.8 Å². The molecular formula is C20H24N4O7. The molecule has 1 aromatic rings. The van der Waals surface area contributed by atoms with Crippen LogP contribution >= 0.6 is 0 Å². The summed E-state index contributed by atoms with van der Waals surface area (Å²) in [5.74, 6) is -0.0878. The van der Waals surface area contributed by atoms with Crippen LogP contribution in [0.1, 0.15) is 31.7 Å². The summed E-state index contributed by atoms with van der Waals surface area (Å²) in [4.78, 5) is 38.6. The van der Waals surface area contributed by atoms with Gasteiger partial charge >= 0.3 is 6.09 Å². The Kier molecular flexibility index (Phi) is 5.88. The van der Waals surface area contributed by atoms with E-state index in [2.05, 4.69) is 5.10 Å². The second-order valence-corrected chi connectivity index (χ2v) is 7.48. The van der Waals surface area contributed by atoms with E-state index >= 15 is 0 Å². The van der Waals surface area contributed by atoms with E-state index in [1.54, 1.807) is 6.92 Å². The smallest absolute Gasteiger partial charge is 0.430 e. The van der Waals surface area contributed by atoms with Crippen molar-refractivity contribution in [3.05, 3.63) is 39.9 Å². The number of hydrogen-bond acceptors (Lipinski definition) is 9. The number of nitro benzene ring substituents is 1. The molecule has 1 saturated heterocycles. The van der Waals surface area contributed by atoms with Gasteiger partial charge in [-0.15, -0.1) is 5.10 Å². The third-order valence-electron chi connectivity index (χ3n) is 5.74. The molecule has 31 heavy (non-hydrogen) atoms. The van der Waals surface area contributed by atoms with Crippen LogP contribution in [0.4, 0.5) is 10.5 Å². The average molecular weight is 432 g/mol. The first-order chi connectivity index (χ1) is 15.0. The van der Waals surface area contributed by atoms with Gasteiger partial charge in [-0.2, -0.15) is 5.01 Å². The number of nitro groups is 1. The van der Waals surface area contributed by atoms with Crippen molar-refractivity contribution < 1.29 is 28.7 Å². The zero-order valence-corrected chi connectivity index (χ0v) is 17.2. The minimum absolute atomic E-state index is 0.0425. The van der Waals surface area contributed by atoms with E-state index in [0.717, 1.165) is 0 Å². The summed E-state index contributed by atoms with van der Waals surface area (Å²) in [5.41, 5.74) is -1.07. The van der Waals surface area contributed by atoms with Crippen molar-refractivity contribution in [1.82, 2.24) is 9.91 Å². The number of morpholine rings is 1. The maximum atomic E-state index is 13.4. The van der Waals surface area contributed by atoms with Gasteiger partial charge in [-0.05, 0) is 31.9 Å². The molecular weight excluding hydrogens is 408 g/mol. The van der Waals surface area contributed by atoms with Gasteiger partial charge < -0.3 is 14.2 Å². The Hall–Kier alpha value is -3.05. The lowest BCUT2D eigenvalue weighted by Gasteiger charge is -2.53. The SMILES string of the molecule is CCOC(=O)N1N=C(c2ccc([N+](=O)[O-])cc2)OC2(N3CCOCC3)C(=O)CCCC12. The third-order valence-corrected chi connectivity index (χ3v) is 5.74. The molecule has 2 unspecified atom stereocenters. The van der Waals surface area contributed by atoms with Crippen molar-refractivity contribution >= 4 is 23.5 Å². The topological polar surface area (TPSA) is 124 Å². The Morgan fingerprint density at radius 2 is 2.03 bits per heavy atom. The summed E-state index contributed by atoms with van der Waals surface area (Å²) in [6.45, 7) is 3.66. The first kappa shape index (κ1) is 21.2. The summed E-state index contributed by atoms with van der Waals surface area (Å²) in [6.07, 6.45) is 0.788. The van der Waals surface area contributed by atoms with Gasteiger partial charge in [-0.3, -0.25) is 19.8 Å². The molecule has 1 aromatic carbocycles. The quantitative estimate of drug-likeness (QED) is 0.522. The highest BCUT2D eigenvalue weighted by molar-refractivity contribution is 6.00. The number of amides is 1. The van der Waals surface area contributed by atoms with Crippen LogP contribution in [0.5, 0.6) is 0 Å². The van der Waals surface area contributed by atoms with Crippen molar-refractivity contribution in [2.24, 2.45) is 5.10 Å². The normalized spacial score (nSPS) is 26.5. The van der Waals surface area contributed by atoms with Crippen molar-refractivity contribution in [2.45, 2.75) is 38.0 Å². The molecule has 2 heterocycles. The van der Waals surface area contributed by atoms with E-state index in [0.29, 0.717) is 51.1 Å². The van der Waals surface area contributed by atoms with Crippen molar-refractivity contribution in [3.8, 4) is 0 Å². The molecule has 2 fully saturated rings. The fraction of sp³-hybridized carbons (Fsp3) is 0.550. The van der Waals surface area contributed by atoms with Gasteiger partial charge in [-0.25, -0.2) is 4.79 Å². The van der Waals surface area contributed by atoms with E-state index in [1.807, 2.05) is 4.90 Å². The number of non-ortho nitro benzene ring substituents is 1. The highest BCUT2D eigenvalue weighted by atomic mass is 16.6. The fourth-order valence-corrected chi connectivity index (χ4v) is 4.31. The van der Waals surface area contributed by atoms with Gasteiger partial charge in [0.05, 0.1) is 24.7 Å². The lowest BCUT2D eigenvalue weighted by atomic mass is 9.82. The maximum absolute atomic E-state index is 13.4. The van der Waals surface area contributed by atoms with Crippen molar-refractivity contribution in [2.75, 3.05) is 32.9 Å². The Labute approximate surface area is 178 Å². The van der Waals surface area contributed by atoms with Gasteiger partial charge in [0.15, 0.2) is 5.78 Å². The molecule has 0 radical (unpaired) electrons. The van der Waals surface area contributed by atoms with E-state index in [9.17, 15) is 19.7 Å². The number of hydrogen-bond donors (Lipinski definition) is 0. The van der Waals surface area contributed by atoms with Crippen LogP contribution in [0.15, 0.2) is 29.4 Å². The van der Waals surface area contributed by atoms with Crippen LogP contribution in [0.2, 0.25) is 0 Å². The summed E-state index contributed by atoms with van der Waals surface area (Å²) in [5, 5.41) is 16.6. The molecule has 1 saturated carbocycles. The van der Waals surface area contributed by atoms with Crippen molar-refractivity contribution in [1.29, 1.82) is 0 Å². The second kappa shape index (κ2) is 8.60. The summed E-state index contributed by atoms with van der Waals surface area (Å²) < 4.78 is 17.0. The average Bonchev–Trinajstić information content (AvgIpc) is 2.79. The van der Waals surface area contributed by atoms with Crippen LogP contribution in [-0.4, -0.2) is 77.3 Å². The first-order valence-corrected chi connectivity index (χ1v) is 10.3. The second-order valence-electron chi connectivity index (χ2n) is 7.48. The molecule has 4 rings (SSSR count). The number of nitrogens with zero attached hydrogens (tertiary/aromatic N) is 4. The Balaban J connectivity index is 1.80. The number of ketones is 1. The first-order valence-electron chi connectivity index (χ1n) is 10.3.